The van der Waals surface area contributed by atoms with Gasteiger partial charge in [0.2, 0.25) is 0 Å². The van der Waals surface area contributed by atoms with E-state index in [0.29, 0.717) is 36.8 Å². The van der Waals surface area contributed by atoms with Crippen LogP contribution in [-0.4, -0.2) is 39.9 Å². The third-order valence-electron chi connectivity index (χ3n) is 2.82. The van der Waals surface area contributed by atoms with E-state index in [0.717, 1.165) is 18.7 Å². The van der Waals surface area contributed by atoms with Crippen LogP contribution in [0.4, 0.5) is 0 Å². The van der Waals surface area contributed by atoms with Gasteiger partial charge in [0.15, 0.2) is 0 Å². The highest BCUT2D eigenvalue weighted by atomic mass is 35.5. The van der Waals surface area contributed by atoms with Crippen molar-refractivity contribution in [2.45, 2.75) is 19.4 Å². The lowest BCUT2D eigenvalue weighted by Crippen LogP contribution is -2.18. The summed E-state index contributed by atoms with van der Waals surface area (Å²) in [7, 11) is 3.05. The molecule has 21 heavy (non-hydrogen) atoms. The van der Waals surface area contributed by atoms with E-state index in [2.05, 4.69) is 10.1 Å². The SMILES string of the molecule is COCCNCc1ccc(OCCCC(=O)OC)c(Cl)c1. The number of ether oxygens (including phenoxy) is 3. The highest BCUT2D eigenvalue weighted by Gasteiger charge is 2.05. The van der Waals surface area contributed by atoms with E-state index in [4.69, 9.17) is 21.1 Å². The summed E-state index contributed by atoms with van der Waals surface area (Å²) in [5, 5.41) is 3.81. The summed E-state index contributed by atoms with van der Waals surface area (Å²) in [5.74, 6) is 0.393. The van der Waals surface area contributed by atoms with Crippen LogP contribution in [0.15, 0.2) is 18.2 Å². The fraction of sp³-hybridized carbons (Fsp3) is 0.533. The Morgan fingerprint density at radius 1 is 1.29 bits per heavy atom. The average molecular weight is 316 g/mol. The van der Waals surface area contributed by atoms with Gasteiger partial charge in [-0.3, -0.25) is 4.79 Å². The summed E-state index contributed by atoms with van der Waals surface area (Å²) < 4.78 is 15.1. The Hall–Kier alpha value is -1.30. The molecule has 0 radical (unpaired) electrons. The lowest BCUT2D eigenvalue weighted by molar-refractivity contribution is -0.140. The summed E-state index contributed by atoms with van der Waals surface area (Å²) in [6.07, 6.45) is 0.943. The minimum Gasteiger partial charge on any atom is -0.492 e. The van der Waals surface area contributed by atoms with Gasteiger partial charge in [0.1, 0.15) is 5.75 Å². The highest BCUT2D eigenvalue weighted by Crippen LogP contribution is 2.25. The van der Waals surface area contributed by atoms with Gasteiger partial charge in [-0.05, 0) is 24.1 Å². The fourth-order valence-electron chi connectivity index (χ4n) is 1.68. The molecule has 0 aromatic heterocycles. The summed E-state index contributed by atoms with van der Waals surface area (Å²) in [6.45, 7) is 2.63. The lowest BCUT2D eigenvalue weighted by atomic mass is 10.2. The Morgan fingerprint density at radius 2 is 2.10 bits per heavy atom. The number of methoxy groups -OCH3 is 2. The molecule has 6 heteroatoms. The number of rotatable bonds is 10. The third-order valence-corrected chi connectivity index (χ3v) is 3.11. The molecule has 0 saturated heterocycles. The molecule has 1 N–H and O–H groups in total. The molecule has 118 valence electrons. The van der Waals surface area contributed by atoms with E-state index in [1.807, 2.05) is 18.2 Å². The lowest BCUT2D eigenvalue weighted by Gasteiger charge is -2.10. The molecule has 0 saturated carbocycles. The van der Waals surface area contributed by atoms with Crippen LogP contribution in [0.1, 0.15) is 18.4 Å². The minimum absolute atomic E-state index is 0.234. The molecule has 1 rings (SSSR count). The average Bonchev–Trinajstić information content (AvgIpc) is 2.49. The van der Waals surface area contributed by atoms with Crippen LogP contribution in [0.3, 0.4) is 0 Å². The van der Waals surface area contributed by atoms with E-state index in [1.165, 1.54) is 7.11 Å². The maximum absolute atomic E-state index is 11.0. The zero-order valence-electron chi connectivity index (χ0n) is 12.5. The number of nitrogens with one attached hydrogen (secondary N) is 1. The highest BCUT2D eigenvalue weighted by molar-refractivity contribution is 6.32. The Balaban J connectivity index is 2.34. The number of esters is 1. The van der Waals surface area contributed by atoms with Crippen molar-refractivity contribution in [3.05, 3.63) is 28.8 Å². The van der Waals surface area contributed by atoms with Gasteiger partial charge in [-0.1, -0.05) is 17.7 Å². The zero-order valence-corrected chi connectivity index (χ0v) is 13.2. The molecular formula is C15H22ClNO4. The smallest absolute Gasteiger partial charge is 0.305 e. The van der Waals surface area contributed by atoms with E-state index in [9.17, 15) is 4.79 Å². The van der Waals surface area contributed by atoms with Crippen molar-refractivity contribution < 1.29 is 19.0 Å². The first-order valence-corrected chi connectivity index (χ1v) is 7.23. The second kappa shape index (κ2) is 10.4. The van der Waals surface area contributed by atoms with Crippen LogP contribution in [0, 0.1) is 0 Å². The summed E-state index contributed by atoms with van der Waals surface area (Å²) >= 11 is 6.17. The van der Waals surface area contributed by atoms with Gasteiger partial charge in [-0.2, -0.15) is 0 Å². The Labute approximate surface area is 130 Å². The minimum atomic E-state index is -0.234. The molecule has 1 aromatic carbocycles. The van der Waals surface area contributed by atoms with Crippen LogP contribution >= 0.6 is 11.6 Å². The van der Waals surface area contributed by atoms with Crippen molar-refractivity contribution >= 4 is 17.6 Å². The third kappa shape index (κ3) is 7.32. The molecule has 0 aliphatic heterocycles. The predicted octanol–water partition coefficient (Wildman–Crippen LogP) is 2.41. The standard InChI is InChI=1S/C15H22ClNO4/c1-19-9-7-17-11-12-5-6-14(13(16)10-12)21-8-3-4-15(18)20-2/h5-6,10,17H,3-4,7-9,11H2,1-2H3. The Bertz CT molecular complexity index is 440. The van der Waals surface area contributed by atoms with Gasteiger partial charge in [0, 0.05) is 26.6 Å². The van der Waals surface area contributed by atoms with Crippen LogP contribution in [0.5, 0.6) is 5.75 Å². The van der Waals surface area contributed by atoms with Crippen LogP contribution < -0.4 is 10.1 Å². The molecular weight excluding hydrogens is 294 g/mol. The quantitative estimate of drug-likeness (QED) is 0.531. The monoisotopic (exact) mass is 315 g/mol. The molecule has 0 bridgehead atoms. The van der Waals surface area contributed by atoms with Gasteiger partial charge in [0.05, 0.1) is 25.3 Å². The number of benzene rings is 1. The zero-order chi connectivity index (χ0) is 15.5. The van der Waals surface area contributed by atoms with Crippen molar-refractivity contribution in [3.8, 4) is 5.75 Å². The molecule has 0 aliphatic rings. The van der Waals surface area contributed by atoms with Crippen molar-refractivity contribution in [2.24, 2.45) is 0 Å². The maximum atomic E-state index is 11.0. The van der Waals surface area contributed by atoms with Gasteiger partial charge in [-0.25, -0.2) is 0 Å². The van der Waals surface area contributed by atoms with Gasteiger partial charge >= 0.3 is 5.97 Å². The first kappa shape index (κ1) is 17.8. The van der Waals surface area contributed by atoms with E-state index in [-0.39, 0.29) is 5.97 Å². The van der Waals surface area contributed by atoms with Gasteiger partial charge < -0.3 is 19.5 Å². The predicted molar refractivity (Wildman–Crippen MR) is 81.8 cm³/mol. The van der Waals surface area contributed by atoms with Crippen LogP contribution in [0.25, 0.3) is 0 Å². The number of carbonyl (C=O) groups excluding carboxylic acids is 1. The molecule has 0 fully saturated rings. The Morgan fingerprint density at radius 3 is 2.76 bits per heavy atom. The molecule has 0 amide bonds. The van der Waals surface area contributed by atoms with E-state index < -0.39 is 0 Å². The Kier molecular flexibility index (Phi) is 8.82. The summed E-state index contributed by atoms with van der Waals surface area (Å²) in [5.41, 5.74) is 1.08. The van der Waals surface area contributed by atoms with Gasteiger partial charge in [0.25, 0.3) is 0 Å². The molecule has 1 aromatic rings. The second-order valence-corrected chi connectivity index (χ2v) is 4.87. The number of halogens is 1. The summed E-state index contributed by atoms with van der Waals surface area (Å²) in [6, 6.07) is 5.67. The number of hydrogen-bond donors (Lipinski definition) is 1. The van der Waals surface area contributed by atoms with E-state index in [1.54, 1.807) is 7.11 Å². The molecule has 5 nitrogen and oxygen atoms in total. The van der Waals surface area contributed by atoms with Crippen molar-refractivity contribution in [1.29, 1.82) is 0 Å². The maximum Gasteiger partial charge on any atom is 0.305 e. The largest absolute Gasteiger partial charge is 0.492 e. The molecule has 0 heterocycles. The summed E-state index contributed by atoms with van der Waals surface area (Å²) in [4.78, 5) is 11.0. The van der Waals surface area contributed by atoms with Crippen LogP contribution in [0.2, 0.25) is 5.02 Å². The normalized spacial score (nSPS) is 10.4. The molecule has 0 aliphatic carbocycles. The first-order chi connectivity index (χ1) is 10.2. The second-order valence-electron chi connectivity index (χ2n) is 4.46. The molecule has 0 spiro atoms. The first-order valence-electron chi connectivity index (χ1n) is 6.85. The van der Waals surface area contributed by atoms with Gasteiger partial charge in [-0.15, -0.1) is 0 Å². The van der Waals surface area contributed by atoms with Crippen molar-refractivity contribution in [2.75, 3.05) is 34.0 Å². The molecule has 0 unspecified atom stereocenters. The number of carbonyl (C=O) groups is 1. The molecule has 0 atom stereocenters. The van der Waals surface area contributed by atoms with E-state index >= 15 is 0 Å². The van der Waals surface area contributed by atoms with Crippen LogP contribution in [-0.2, 0) is 20.8 Å². The fourth-order valence-corrected chi connectivity index (χ4v) is 1.94. The van der Waals surface area contributed by atoms with Crippen molar-refractivity contribution in [1.82, 2.24) is 5.32 Å². The number of hydrogen-bond acceptors (Lipinski definition) is 5. The van der Waals surface area contributed by atoms with Crippen molar-refractivity contribution in [3.63, 3.8) is 0 Å². The topological polar surface area (TPSA) is 56.8 Å².